The molecule has 1 saturated carbocycles. The van der Waals surface area contributed by atoms with Gasteiger partial charge in [0, 0.05) is 24.4 Å². The number of piperidine rings is 1. The number of carbonyl (C=O) groups excluding carboxylic acids is 1. The first-order chi connectivity index (χ1) is 8.56. The minimum Gasteiger partial charge on any atom is -0.481 e. The molecule has 2 N–H and O–H groups in total. The predicted molar refractivity (Wildman–Crippen MR) is 70.8 cm³/mol. The molecule has 1 atom stereocenters. The van der Waals surface area contributed by atoms with Crippen LogP contribution in [0, 0.1) is 5.92 Å². The largest absolute Gasteiger partial charge is 0.481 e. The maximum absolute atomic E-state index is 12.0. The second-order valence-electron chi connectivity index (χ2n) is 5.17. The summed E-state index contributed by atoms with van der Waals surface area (Å²) in [5.41, 5.74) is 0. The molecule has 1 aliphatic heterocycles. The molecule has 0 aromatic carbocycles. The minimum atomic E-state index is -0.796. The summed E-state index contributed by atoms with van der Waals surface area (Å²) >= 11 is 1.80. The zero-order valence-electron chi connectivity index (χ0n) is 10.6. The Morgan fingerprint density at radius 2 is 2.22 bits per heavy atom. The molecule has 0 aromatic heterocycles. The smallest absolute Gasteiger partial charge is 0.317 e. The predicted octanol–water partition coefficient (Wildman–Crippen LogP) is 1.39. The Kier molecular flexibility index (Phi) is 4.04. The number of likely N-dealkylation sites (tertiary alicyclic amines) is 1. The van der Waals surface area contributed by atoms with Crippen molar-refractivity contribution < 1.29 is 14.7 Å². The van der Waals surface area contributed by atoms with E-state index in [9.17, 15) is 9.59 Å². The van der Waals surface area contributed by atoms with Crippen molar-refractivity contribution in [3.8, 4) is 0 Å². The lowest BCUT2D eigenvalue weighted by atomic mass is 9.99. The second-order valence-corrected chi connectivity index (χ2v) is 6.44. The van der Waals surface area contributed by atoms with Gasteiger partial charge >= 0.3 is 12.0 Å². The molecule has 2 amide bonds. The van der Waals surface area contributed by atoms with Gasteiger partial charge in [-0.2, -0.15) is 11.8 Å². The van der Waals surface area contributed by atoms with E-state index in [2.05, 4.69) is 11.6 Å². The lowest BCUT2D eigenvalue weighted by Crippen LogP contribution is -2.48. The molecule has 0 unspecified atom stereocenters. The number of thioether (sulfide) groups is 1. The van der Waals surface area contributed by atoms with Gasteiger partial charge in [-0.1, -0.05) is 0 Å². The average molecular weight is 272 g/mol. The molecule has 1 saturated heterocycles. The number of rotatable bonds is 4. The molecule has 1 heterocycles. The molecule has 1 aliphatic carbocycles. The summed E-state index contributed by atoms with van der Waals surface area (Å²) in [6.45, 7) is 1.70. The molecule has 0 bridgehead atoms. The second kappa shape index (κ2) is 5.38. The van der Waals surface area contributed by atoms with Crippen LogP contribution in [-0.4, -0.2) is 52.6 Å². The zero-order chi connectivity index (χ0) is 13.2. The van der Waals surface area contributed by atoms with Crippen LogP contribution in [0.4, 0.5) is 4.79 Å². The van der Waals surface area contributed by atoms with Gasteiger partial charge in [0.25, 0.3) is 0 Å². The fraction of sp³-hybridized carbons (Fsp3) is 0.833. The maximum Gasteiger partial charge on any atom is 0.317 e. The highest BCUT2D eigenvalue weighted by atomic mass is 32.2. The lowest BCUT2D eigenvalue weighted by molar-refractivity contribution is -0.143. The van der Waals surface area contributed by atoms with Crippen molar-refractivity contribution in [1.82, 2.24) is 10.2 Å². The quantitative estimate of drug-likeness (QED) is 0.811. The van der Waals surface area contributed by atoms with Crippen molar-refractivity contribution in [2.24, 2.45) is 5.92 Å². The maximum atomic E-state index is 12.0. The van der Waals surface area contributed by atoms with Crippen LogP contribution < -0.4 is 5.32 Å². The number of urea groups is 1. The van der Waals surface area contributed by atoms with Crippen LogP contribution >= 0.6 is 11.8 Å². The zero-order valence-corrected chi connectivity index (χ0v) is 11.5. The molecule has 6 heteroatoms. The molecular formula is C12H20N2O3S. The Labute approximate surface area is 111 Å². The highest BCUT2D eigenvalue weighted by Gasteiger charge is 2.42. The topological polar surface area (TPSA) is 69.6 Å². The van der Waals surface area contributed by atoms with Crippen LogP contribution in [0.3, 0.4) is 0 Å². The Morgan fingerprint density at radius 3 is 2.78 bits per heavy atom. The Balaban J connectivity index is 1.79. The summed E-state index contributed by atoms with van der Waals surface area (Å²) in [7, 11) is 0. The van der Waals surface area contributed by atoms with Gasteiger partial charge in [-0.3, -0.25) is 4.79 Å². The third-order valence-corrected chi connectivity index (χ3v) is 5.28. The van der Waals surface area contributed by atoms with Crippen molar-refractivity contribution in [3.05, 3.63) is 0 Å². The molecule has 102 valence electrons. The fourth-order valence-corrected chi connectivity index (χ4v) is 3.03. The van der Waals surface area contributed by atoms with Crippen LogP contribution in [0.25, 0.3) is 0 Å². The van der Waals surface area contributed by atoms with Gasteiger partial charge in [0.1, 0.15) is 0 Å². The average Bonchev–Trinajstić information content (AvgIpc) is 3.17. The monoisotopic (exact) mass is 272 g/mol. The molecule has 2 aliphatic rings. The van der Waals surface area contributed by atoms with Crippen molar-refractivity contribution in [3.63, 3.8) is 0 Å². The molecule has 18 heavy (non-hydrogen) atoms. The van der Waals surface area contributed by atoms with Crippen LogP contribution in [0.15, 0.2) is 0 Å². The Hall–Kier alpha value is -0.910. The van der Waals surface area contributed by atoms with E-state index in [1.165, 1.54) is 0 Å². The van der Waals surface area contributed by atoms with Crippen molar-refractivity contribution in [1.29, 1.82) is 0 Å². The van der Waals surface area contributed by atoms with E-state index in [0.29, 0.717) is 26.1 Å². The van der Waals surface area contributed by atoms with Gasteiger partial charge in [0.2, 0.25) is 0 Å². The van der Waals surface area contributed by atoms with Gasteiger partial charge < -0.3 is 15.3 Å². The molecule has 2 rings (SSSR count). The van der Waals surface area contributed by atoms with Crippen LogP contribution in [0.5, 0.6) is 0 Å². The molecule has 0 spiro atoms. The molecule has 5 nitrogen and oxygen atoms in total. The SMILES string of the molecule is CSC1(CNC(=O)N2CCC[C@H](C(=O)O)C2)CC1. The number of amides is 2. The van der Waals surface area contributed by atoms with Crippen molar-refractivity contribution in [2.75, 3.05) is 25.9 Å². The van der Waals surface area contributed by atoms with Crippen molar-refractivity contribution in [2.45, 2.75) is 30.4 Å². The summed E-state index contributed by atoms with van der Waals surface area (Å²) in [6, 6.07) is -0.110. The summed E-state index contributed by atoms with van der Waals surface area (Å²) in [5, 5.41) is 11.9. The van der Waals surface area contributed by atoms with Gasteiger partial charge in [-0.15, -0.1) is 0 Å². The summed E-state index contributed by atoms with van der Waals surface area (Å²) in [6.07, 6.45) is 5.84. The highest BCUT2D eigenvalue weighted by molar-refractivity contribution is 8.00. The van der Waals surface area contributed by atoms with E-state index >= 15 is 0 Å². The van der Waals surface area contributed by atoms with Crippen LogP contribution in [0.2, 0.25) is 0 Å². The summed E-state index contributed by atoms with van der Waals surface area (Å²) in [5.74, 6) is -1.20. The number of hydrogen-bond acceptors (Lipinski definition) is 3. The van der Waals surface area contributed by atoms with E-state index in [0.717, 1.165) is 19.3 Å². The normalized spacial score (nSPS) is 25.6. The minimum absolute atomic E-state index is 0.110. The number of carboxylic acid groups (broad SMARTS) is 1. The fourth-order valence-electron chi connectivity index (χ4n) is 2.30. The van der Waals surface area contributed by atoms with E-state index in [1.54, 1.807) is 16.7 Å². The number of carboxylic acids is 1. The summed E-state index contributed by atoms with van der Waals surface area (Å²) in [4.78, 5) is 24.5. The number of nitrogens with one attached hydrogen (secondary N) is 1. The molecule has 0 aromatic rings. The van der Waals surface area contributed by atoms with E-state index in [1.807, 2.05) is 0 Å². The van der Waals surface area contributed by atoms with E-state index in [-0.39, 0.29) is 10.8 Å². The van der Waals surface area contributed by atoms with Crippen molar-refractivity contribution >= 4 is 23.8 Å². The standard InChI is InChI=1S/C12H20N2O3S/c1-18-12(4-5-12)8-13-11(17)14-6-2-3-9(7-14)10(15)16/h9H,2-8H2,1H3,(H,13,17)(H,15,16)/t9-/m0/s1. The van der Waals surface area contributed by atoms with Gasteiger partial charge in [-0.05, 0) is 31.9 Å². The number of aliphatic carboxylic acids is 1. The number of nitrogens with zero attached hydrogens (tertiary/aromatic N) is 1. The first-order valence-corrected chi connectivity index (χ1v) is 7.59. The van der Waals surface area contributed by atoms with Gasteiger partial charge in [-0.25, -0.2) is 4.79 Å². The summed E-state index contributed by atoms with van der Waals surface area (Å²) < 4.78 is 0.248. The molecular weight excluding hydrogens is 252 g/mol. The van der Waals surface area contributed by atoms with Gasteiger partial charge in [0.15, 0.2) is 0 Å². The first-order valence-electron chi connectivity index (χ1n) is 6.37. The molecule has 2 fully saturated rings. The van der Waals surface area contributed by atoms with Crippen LogP contribution in [0.1, 0.15) is 25.7 Å². The lowest BCUT2D eigenvalue weighted by Gasteiger charge is -2.31. The Morgan fingerprint density at radius 1 is 1.50 bits per heavy atom. The third-order valence-electron chi connectivity index (χ3n) is 3.86. The van der Waals surface area contributed by atoms with Gasteiger partial charge in [0.05, 0.1) is 5.92 Å². The number of carbonyl (C=O) groups is 2. The highest BCUT2D eigenvalue weighted by Crippen LogP contribution is 2.46. The van der Waals surface area contributed by atoms with E-state index < -0.39 is 11.9 Å². The number of hydrogen-bond donors (Lipinski definition) is 2. The molecule has 0 radical (unpaired) electrons. The third kappa shape index (κ3) is 3.10. The Bertz CT molecular complexity index is 344. The first kappa shape index (κ1) is 13.5. The van der Waals surface area contributed by atoms with Crippen LogP contribution in [-0.2, 0) is 4.79 Å². The van der Waals surface area contributed by atoms with E-state index in [4.69, 9.17) is 5.11 Å².